The maximum atomic E-state index is 2.38. The van der Waals surface area contributed by atoms with Gasteiger partial charge in [-0.3, -0.25) is 0 Å². The minimum atomic E-state index is 1.36. The van der Waals surface area contributed by atoms with Gasteiger partial charge in [0.2, 0.25) is 0 Å². The van der Waals surface area contributed by atoms with Gasteiger partial charge in [0.25, 0.3) is 0 Å². The van der Waals surface area contributed by atoms with Crippen LogP contribution in [0.3, 0.4) is 0 Å². The molecule has 0 saturated heterocycles. The van der Waals surface area contributed by atoms with Gasteiger partial charge in [-0.05, 0) is 0 Å². The fraction of sp³-hybridized carbons (Fsp3) is 0. The summed E-state index contributed by atoms with van der Waals surface area (Å²) in [5.41, 5.74) is 5.64. The van der Waals surface area contributed by atoms with Crippen LogP contribution in [-0.2, 0) is 19.8 Å². The summed E-state index contributed by atoms with van der Waals surface area (Å²) in [6, 6.07) is 15.1. The van der Waals surface area contributed by atoms with Crippen LogP contribution in [0.1, 0.15) is 0 Å². The van der Waals surface area contributed by atoms with Crippen LogP contribution in [-0.4, -0.2) is 0 Å². The fourth-order valence-electron chi connectivity index (χ4n) is 1.87. The molecule has 3 rings (SSSR count). The molecule has 0 bridgehead atoms. The van der Waals surface area contributed by atoms with Crippen LogP contribution in [0.4, 0.5) is 0 Å². The van der Waals surface area contributed by atoms with Crippen molar-refractivity contribution in [2.75, 3.05) is 0 Å². The molecule has 0 aliphatic heterocycles. The zero-order valence-corrected chi connectivity index (χ0v) is 9.13. The Morgan fingerprint density at radius 1 is 0.692 bits per heavy atom. The van der Waals surface area contributed by atoms with E-state index in [2.05, 4.69) is 62.3 Å². The number of rotatable bonds is 0. The first-order valence-electron chi connectivity index (χ1n) is 4.23. The van der Waals surface area contributed by atoms with Gasteiger partial charge < -0.3 is 0 Å². The molecule has 0 amide bonds. The van der Waals surface area contributed by atoms with E-state index in [1.165, 1.54) is 26.2 Å². The summed E-state index contributed by atoms with van der Waals surface area (Å²) in [7, 11) is 0. The molecule has 0 aromatic heterocycles. The van der Waals surface area contributed by atoms with Crippen molar-refractivity contribution in [2.45, 2.75) is 0 Å². The van der Waals surface area contributed by atoms with Crippen LogP contribution < -0.4 is 3.95 Å². The summed E-state index contributed by atoms with van der Waals surface area (Å²) in [5.74, 6) is 0. The second-order valence-electron chi connectivity index (χ2n) is 3.17. The van der Waals surface area contributed by atoms with Gasteiger partial charge in [0.1, 0.15) is 0 Å². The maximum absolute atomic E-state index is 2.38. The van der Waals surface area contributed by atoms with Crippen molar-refractivity contribution >= 4 is 3.95 Å². The summed E-state index contributed by atoms with van der Waals surface area (Å²) < 4.78 is 1.36. The first-order valence-corrected chi connectivity index (χ1v) is 5.37. The second kappa shape index (κ2) is 2.56. The molecule has 0 saturated carbocycles. The minimum absolute atomic E-state index is 1.36. The number of hydrogen-bond acceptors (Lipinski definition) is 0. The van der Waals surface area contributed by atoms with E-state index in [0.717, 1.165) is 0 Å². The third kappa shape index (κ3) is 0.898. The Morgan fingerprint density at radius 2 is 1.38 bits per heavy atom. The van der Waals surface area contributed by atoms with Crippen molar-refractivity contribution in [1.29, 1.82) is 0 Å². The Hall–Kier alpha value is -0.872. The van der Waals surface area contributed by atoms with E-state index in [-0.39, 0.29) is 0 Å². The van der Waals surface area contributed by atoms with E-state index >= 15 is 0 Å². The van der Waals surface area contributed by atoms with E-state index in [0.29, 0.717) is 0 Å². The molecule has 0 nitrogen and oxygen atoms in total. The van der Waals surface area contributed by atoms with E-state index in [9.17, 15) is 0 Å². The molecule has 1 aliphatic rings. The van der Waals surface area contributed by atoms with Gasteiger partial charge in [0.15, 0.2) is 0 Å². The van der Waals surface area contributed by atoms with Gasteiger partial charge in [0, 0.05) is 0 Å². The molecule has 0 atom stereocenters. The Balaban J connectivity index is 2.35. The van der Waals surface area contributed by atoms with Crippen molar-refractivity contribution < 1.29 is 19.8 Å². The summed E-state index contributed by atoms with van der Waals surface area (Å²) >= 11 is 2.38. The Labute approximate surface area is 88.5 Å². The molecule has 0 unspecified atom stereocenters. The van der Waals surface area contributed by atoms with E-state index in [4.69, 9.17) is 0 Å². The first kappa shape index (κ1) is 7.52. The normalized spacial score (nSPS) is 11.5. The molecule has 1 heteroatoms. The molecule has 13 heavy (non-hydrogen) atoms. The zero-order chi connectivity index (χ0) is 8.84. The van der Waals surface area contributed by atoms with E-state index < -0.39 is 0 Å². The molecule has 0 fully saturated rings. The van der Waals surface area contributed by atoms with Crippen molar-refractivity contribution in [2.24, 2.45) is 0 Å². The summed E-state index contributed by atoms with van der Waals surface area (Å²) in [5, 5.41) is 0. The van der Waals surface area contributed by atoms with Crippen molar-refractivity contribution in [3.8, 4) is 22.3 Å². The van der Waals surface area contributed by atoms with Crippen LogP contribution in [0.5, 0.6) is 0 Å². The summed E-state index contributed by atoms with van der Waals surface area (Å²) in [6.07, 6.45) is 0. The average Bonchev–Trinajstić information content (AvgIpc) is 2.14. The molecular weight excluding hydrogens is 339 g/mol. The van der Waals surface area contributed by atoms with Crippen molar-refractivity contribution in [3.63, 3.8) is 0 Å². The molecule has 0 heterocycles. The predicted octanol–water partition coefficient (Wildman–Crippen LogP) is 2.51. The SMILES string of the molecule is [Pt][c]1cccc2c1-c1ccccc1-2. The van der Waals surface area contributed by atoms with Gasteiger partial charge in [-0.25, -0.2) is 0 Å². The van der Waals surface area contributed by atoms with E-state index in [1.807, 2.05) is 0 Å². The molecule has 2 aromatic carbocycles. The van der Waals surface area contributed by atoms with Gasteiger partial charge >= 0.3 is 88.5 Å². The molecule has 2 aromatic rings. The Kier molecular flexibility index (Phi) is 1.48. The number of fused-ring (bicyclic) bond motifs is 4. The standard InChI is InChI=1S/C12H7.Pt/c1-2-6-10-9(5-1)11-7-3-4-8-12(10)11;/h1-7H;. The topological polar surface area (TPSA) is 0 Å². The number of hydrogen-bond donors (Lipinski definition) is 0. The van der Waals surface area contributed by atoms with Gasteiger partial charge in [-0.15, -0.1) is 0 Å². The number of benzene rings is 2. The third-order valence-corrected chi connectivity index (χ3v) is 3.42. The molecule has 1 aliphatic carbocycles. The molecule has 65 valence electrons. The quantitative estimate of drug-likeness (QED) is 0.587. The Bertz CT molecular complexity index is 486. The predicted molar refractivity (Wildman–Crippen MR) is 50.5 cm³/mol. The van der Waals surface area contributed by atoms with E-state index in [1.54, 1.807) is 0 Å². The van der Waals surface area contributed by atoms with Crippen LogP contribution in [0.15, 0.2) is 42.5 Å². The molecule has 0 N–H and O–H groups in total. The van der Waals surface area contributed by atoms with Gasteiger partial charge in [0.05, 0.1) is 0 Å². The van der Waals surface area contributed by atoms with Crippen LogP contribution in [0, 0.1) is 0 Å². The van der Waals surface area contributed by atoms with Crippen LogP contribution in [0.25, 0.3) is 22.3 Å². The fourth-order valence-corrected chi connectivity index (χ4v) is 2.70. The second-order valence-corrected chi connectivity index (χ2v) is 4.40. The monoisotopic (exact) mass is 346 g/mol. The zero-order valence-electron chi connectivity index (χ0n) is 6.86. The van der Waals surface area contributed by atoms with Gasteiger partial charge in [-0.1, -0.05) is 0 Å². The molecule has 0 radical (unpaired) electrons. The van der Waals surface area contributed by atoms with Crippen molar-refractivity contribution in [1.82, 2.24) is 0 Å². The molecule has 0 spiro atoms. The third-order valence-electron chi connectivity index (χ3n) is 2.47. The summed E-state index contributed by atoms with van der Waals surface area (Å²) in [6.45, 7) is 0. The first-order chi connectivity index (χ1) is 6.38. The van der Waals surface area contributed by atoms with Crippen LogP contribution >= 0.6 is 0 Å². The summed E-state index contributed by atoms with van der Waals surface area (Å²) in [4.78, 5) is 0. The molecular formula is C12H7Pt. The van der Waals surface area contributed by atoms with Gasteiger partial charge in [-0.2, -0.15) is 0 Å². The van der Waals surface area contributed by atoms with Crippen LogP contribution in [0.2, 0.25) is 0 Å². The Morgan fingerprint density at radius 3 is 2.23 bits per heavy atom. The average molecular weight is 346 g/mol. The van der Waals surface area contributed by atoms with Crippen molar-refractivity contribution in [3.05, 3.63) is 42.5 Å².